The van der Waals surface area contributed by atoms with Gasteiger partial charge in [-0.05, 0) is 44.4 Å². The van der Waals surface area contributed by atoms with Crippen LogP contribution in [-0.2, 0) is 14.8 Å². The maximum Gasteiger partial charge on any atom is 0.243 e. The minimum Gasteiger partial charge on any atom is -0.339 e. The Morgan fingerprint density at radius 2 is 1.73 bits per heavy atom. The molecule has 2 heterocycles. The number of rotatable bonds is 4. The lowest BCUT2D eigenvalue weighted by Crippen LogP contribution is -2.56. The van der Waals surface area contributed by atoms with Crippen LogP contribution in [0.4, 0.5) is 0 Å². The van der Waals surface area contributed by atoms with Gasteiger partial charge >= 0.3 is 0 Å². The van der Waals surface area contributed by atoms with Crippen molar-refractivity contribution in [3.63, 3.8) is 0 Å². The van der Waals surface area contributed by atoms with Gasteiger partial charge in [-0.25, -0.2) is 8.42 Å². The zero-order valence-corrected chi connectivity index (χ0v) is 16.5. The number of benzene rings is 1. The Hall–Kier alpha value is -1.44. The first-order valence-corrected chi connectivity index (χ1v) is 10.9. The van der Waals surface area contributed by atoms with Crippen LogP contribution in [0.15, 0.2) is 35.2 Å². The predicted octanol–water partition coefficient (Wildman–Crippen LogP) is 1.64. The molecule has 26 heavy (non-hydrogen) atoms. The van der Waals surface area contributed by atoms with E-state index < -0.39 is 10.0 Å². The van der Waals surface area contributed by atoms with E-state index in [1.807, 2.05) is 11.8 Å². The second-order valence-corrected chi connectivity index (χ2v) is 9.40. The molecule has 7 heteroatoms. The first-order chi connectivity index (χ1) is 12.4. The van der Waals surface area contributed by atoms with Crippen LogP contribution in [0.3, 0.4) is 0 Å². The molecule has 3 rings (SSSR count). The Morgan fingerprint density at radius 3 is 2.35 bits per heavy atom. The highest BCUT2D eigenvalue weighted by Crippen LogP contribution is 2.20. The van der Waals surface area contributed by atoms with Crippen LogP contribution in [0.2, 0.25) is 0 Å². The molecule has 6 nitrogen and oxygen atoms in total. The van der Waals surface area contributed by atoms with Gasteiger partial charge in [0.2, 0.25) is 15.9 Å². The Morgan fingerprint density at radius 1 is 1.08 bits per heavy atom. The summed E-state index contributed by atoms with van der Waals surface area (Å²) < 4.78 is 26.9. The summed E-state index contributed by atoms with van der Waals surface area (Å²) in [6.07, 6.45) is 2.37. The standard InChI is InChI=1S/C19H29N3O3S/c1-16-7-6-10-21(15-16)17(2)19(23)20-11-13-22(14-12-20)26(24,25)18-8-4-3-5-9-18/h3-5,8-9,16-17H,6-7,10-15H2,1-2H3/t16-,17-/m1/s1. The molecular formula is C19H29N3O3S. The minimum absolute atomic E-state index is 0.121. The average molecular weight is 380 g/mol. The summed E-state index contributed by atoms with van der Waals surface area (Å²) in [7, 11) is -3.47. The highest BCUT2D eigenvalue weighted by molar-refractivity contribution is 7.89. The molecule has 2 aliphatic heterocycles. The molecular weight excluding hydrogens is 350 g/mol. The lowest BCUT2D eigenvalue weighted by atomic mass is 9.98. The third-order valence-electron chi connectivity index (χ3n) is 5.52. The van der Waals surface area contributed by atoms with Crippen molar-refractivity contribution in [3.8, 4) is 0 Å². The smallest absolute Gasteiger partial charge is 0.243 e. The second kappa shape index (κ2) is 8.06. The van der Waals surface area contributed by atoms with Crippen molar-refractivity contribution in [1.29, 1.82) is 0 Å². The Labute approximate surface area is 156 Å². The fourth-order valence-electron chi connectivity index (χ4n) is 3.89. The number of hydrogen-bond donors (Lipinski definition) is 0. The van der Waals surface area contributed by atoms with Gasteiger partial charge in [0.05, 0.1) is 10.9 Å². The van der Waals surface area contributed by atoms with Gasteiger partial charge in [-0.15, -0.1) is 0 Å². The number of carbonyl (C=O) groups is 1. The van der Waals surface area contributed by atoms with Crippen molar-refractivity contribution in [2.75, 3.05) is 39.3 Å². The van der Waals surface area contributed by atoms with E-state index >= 15 is 0 Å². The monoisotopic (exact) mass is 379 g/mol. The maximum atomic E-state index is 12.8. The molecule has 1 aromatic carbocycles. The second-order valence-electron chi connectivity index (χ2n) is 7.46. The largest absolute Gasteiger partial charge is 0.339 e. The molecule has 2 fully saturated rings. The number of likely N-dealkylation sites (tertiary alicyclic amines) is 1. The molecule has 2 atom stereocenters. The molecule has 1 aromatic rings. The van der Waals surface area contributed by atoms with Crippen molar-refractivity contribution >= 4 is 15.9 Å². The summed E-state index contributed by atoms with van der Waals surface area (Å²) >= 11 is 0. The van der Waals surface area contributed by atoms with E-state index in [2.05, 4.69) is 11.8 Å². The van der Waals surface area contributed by atoms with Gasteiger partial charge in [-0.2, -0.15) is 4.31 Å². The van der Waals surface area contributed by atoms with Gasteiger partial charge in [0.25, 0.3) is 0 Å². The molecule has 0 N–H and O–H groups in total. The molecule has 2 aliphatic rings. The number of piperazine rings is 1. The Bertz CT molecular complexity index is 715. The normalized spacial score (nSPS) is 24.4. The van der Waals surface area contributed by atoms with Crippen LogP contribution in [0.1, 0.15) is 26.7 Å². The van der Waals surface area contributed by atoms with E-state index in [1.165, 1.54) is 10.7 Å². The number of carbonyl (C=O) groups excluding carboxylic acids is 1. The number of piperidine rings is 1. The molecule has 0 radical (unpaired) electrons. The van der Waals surface area contributed by atoms with Crippen LogP contribution in [0.5, 0.6) is 0 Å². The molecule has 0 saturated carbocycles. The maximum absolute atomic E-state index is 12.8. The van der Waals surface area contributed by atoms with E-state index in [0.29, 0.717) is 37.0 Å². The Balaban J connectivity index is 1.59. The van der Waals surface area contributed by atoms with E-state index in [-0.39, 0.29) is 11.9 Å². The predicted molar refractivity (Wildman–Crippen MR) is 101 cm³/mol. The molecule has 0 unspecified atom stereocenters. The van der Waals surface area contributed by atoms with Crippen LogP contribution in [0.25, 0.3) is 0 Å². The van der Waals surface area contributed by atoms with Crippen molar-refractivity contribution < 1.29 is 13.2 Å². The fourth-order valence-corrected chi connectivity index (χ4v) is 5.33. The van der Waals surface area contributed by atoms with Crippen molar-refractivity contribution in [2.45, 2.75) is 37.6 Å². The minimum atomic E-state index is -3.47. The van der Waals surface area contributed by atoms with E-state index in [0.717, 1.165) is 19.5 Å². The third kappa shape index (κ3) is 4.10. The van der Waals surface area contributed by atoms with Gasteiger partial charge in [0.15, 0.2) is 0 Å². The summed E-state index contributed by atoms with van der Waals surface area (Å²) in [5.74, 6) is 0.753. The molecule has 0 bridgehead atoms. The molecule has 0 spiro atoms. The van der Waals surface area contributed by atoms with Crippen LogP contribution in [-0.4, -0.2) is 73.7 Å². The fraction of sp³-hybridized carbons (Fsp3) is 0.632. The topological polar surface area (TPSA) is 60.9 Å². The molecule has 1 amide bonds. The zero-order valence-electron chi connectivity index (χ0n) is 15.7. The summed E-state index contributed by atoms with van der Waals surface area (Å²) in [6.45, 7) is 7.77. The van der Waals surface area contributed by atoms with Crippen LogP contribution < -0.4 is 0 Å². The average Bonchev–Trinajstić information content (AvgIpc) is 2.67. The summed E-state index contributed by atoms with van der Waals surface area (Å²) in [6, 6.07) is 8.37. The van der Waals surface area contributed by atoms with Gasteiger partial charge in [-0.1, -0.05) is 25.1 Å². The number of amides is 1. The van der Waals surface area contributed by atoms with Gasteiger partial charge < -0.3 is 4.90 Å². The van der Waals surface area contributed by atoms with E-state index in [9.17, 15) is 13.2 Å². The Kier molecular flexibility index (Phi) is 5.99. The van der Waals surface area contributed by atoms with Gasteiger partial charge in [-0.3, -0.25) is 9.69 Å². The lowest BCUT2D eigenvalue weighted by molar-refractivity contribution is -0.138. The lowest BCUT2D eigenvalue weighted by Gasteiger charge is -2.39. The van der Waals surface area contributed by atoms with Crippen molar-refractivity contribution in [2.24, 2.45) is 5.92 Å². The van der Waals surface area contributed by atoms with E-state index in [1.54, 1.807) is 30.3 Å². The summed E-state index contributed by atoms with van der Waals surface area (Å²) in [5.41, 5.74) is 0. The SMILES string of the molecule is C[C@@H]1CCCN([C@H](C)C(=O)N2CCN(S(=O)(=O)c3ccccc3)CC2)C1. The zero-order chi connectivity index (χ0) is 18.7. The number of nitrogens with zero attached hydrogens (tertiary/aromatic N) is 3. The first-order valence-electron chi connectivity index (χ1n) is 9.47. The molecule has 0 aromatic heterocycles. The quantitative estimate of drug-likeness (QED) is 0.798. The van der Waals surface area contributed by atoms with Crippen molar-refractivity contribution in [3.05, 3.63) is 30.3 Å². The van der Waals surface area contributed by atoms with Gasteiger partial charge in [0, 0.05) is 32.7 Å². The highest BCUT2D eigenvalue weighted by atomic mass is 32.2. The van der Waals surface area contributed by atoms with Crippen LogP contribution >= 0.6 is 0 Å². The van der Waals surface area contributed by atoms with Crippen LogP contribution in [0, 0.1) is 5.92 Å². The van der Waals surface area contributed by atoms with Crippen molar-refractivity contribution in [1.82, 2.24) is 14.1 Å². The molecule has 0 aliphatic carbocycles. The van der Waals surface area contributed by atoms with E-state index in [4.69, 9.17) is 0 Å². The van der Waals surface area contributed by atoms with Gasteiger partial charge in [0.1, 0.15) is 0 Å². The number of hydrogen-bond acceptors (Lipinski definition) is 4. The number of sulfonamides is 1. The molecule has 2 saturated heterocycles. The highest BCUT2D eigenvalue weighted by Gasteiger charge is 2.33. The summed E-state index contributed by atoms with van der Waals surface area (Å²) in [4.78, 5) is 17.2. The third-order valence-corrected chi connectivity index (χ3v) is 7.44. The molecule has 144 valence electrons. The summed E-state index contributed by atoms with van der Waals surface area (Å²) in [5, 5.41) is 0. The first kappa shape index (κ1) is 19.3.